The van der Waals surface area contributed by atoms with E-state index in [4.69, 9.17) is 4.74 Å². The number of hydrogen-bond donors (Lipinski definition) is 0. The molecule has 0 unspecified atom stereocenters. The Hall–Kier alpha value is -3.48. The van der Waals surface area contributed by atoms with Gasteiger partial charge in [-0.3, -0.25) is 4.79 Å². The summed E-state index contributed by atoms with van der Waals surface area (Å²) < 4.78 is 7.03. The third-order valence-corrected chi connectivity index (χ3v) is 4.91. The predicted octanol–water partition coefficient (Wildman–Crippen LogP) is 3.98. The zero-order valence-electron chi connectivity index (χ0n) is 18.4. The average molecular weight is 421 g/mol. The second-order valence-corrected chi connectivity index (χ2v) is 7.88. The van der Waals surface area contributed by atoms with Crippen molar-refractivity contribution >= 4 is 11.9 Å². The Balaban J connectivity index is 1.72. The van der Waals surface area contributed by atoms with Crippen molar-refractivity contribution in [3.8, 4) is 5.82 Å². The van der Waals surface area contributed by atoms with Gasteiger partial charge in [0.05, 0.1) is 11.9 Å². The van der Waals surface area contributed by atoms with Gasteiger partial charge in [-0.1, -0.05) is 50.2 Å². The molecule has 3 rings (SSSR count). The summed E-state index contributed by atoms with van der Waals surface area (Å²) in [4.78, 5) is 31.6. The normalized spacial score (nSPS) is 11.0. The molecule has 7 nitrogen and oxygen atoms in total. The van der Waals surface area contributed by atoms with E-state index in [9.17, 15) is 9.59 Å². The molecule has 0 aliphatic heterocycles. The van der Waals surface area contributed by atoms with Gasteiger partial charge in [0.15, 0.2) is 12.4 Å². The van der Waals surface area contributed by atoms with Crippen LogP contribution in [-0.2, 0) is 16.1 Å². The van der Waals surface area contributed by atoms with Gasteiger partial charge in [0.1, 0.15) is 5.56 Å². The van der Waals surface area contributed by atoms with Crippen molar-refractivity contribution in [3.63, 3.8) is 0 Å². The number of aromatic nitrogens is 3. The molecule has 0 aliphatic rings. The summed E-state index contributed by atoms with van der Waals surface area (Å²) in [6.07, 6.45) is 3.14. The number of nitrogens with zero attached hydrogens (tertiary/aromatic N) is 4. The fourth-order valence-corrected chi connectivity index (χ4v) is 3.36. The highest BCUT2D eigenvalue weighted by Gasteiger charge is 2.24. The highest BCUT2D eigenvalue weighted by atomic mass is 16.5. The van der Waals surface area contributed by atoms with Crippen LogP contribution in [0.15, 0.2) is 60.9 Å². The first-order valence-corrected chi connectivity index (χ1v) is 10.4. The van der Waals surface area contributed by atoms with Crippen molar-refractivity contribution in [3.05, 3.63) is 77.7 Å². The third-order valence-electron chi connectivity index (χ3n) is 4.91. The maximum atomic E-state index is 12.8. The summed E-state index contributed by atoms with van der Waals surface area (Å²) >= 11 is 0. The minimum Gasteiger partial charge on any atom is -0.452 e. The van der Waals surface area contributed by atoms with Gasteiger partial charge in [-0.25, -0.2) is 14.5 Å². The van der Waals surface area contributed by atoms with Crippen molar-refractivity contribution in [2.24, 2.45) is 0 Å². The van der Waals surface area contributed by atoms with Gasteiger partial charge in [0.2, 0.25) is 0 Å². The van der Waals surface area contributed by atoms with Crippen LogP contribution in [0.2, 0.25) is 0 Å². The molecule has 1 amide bonds. The van der Waals surface area contributed by atoms with E-state index in [1.165, 1.54) is 6.20 Å². The van der Waals surface area contributed by atoms with Crippen LogP contribution >= 0.6 is 0 Å². The molecule has 31 heavy (non-hydrogen) atoms. The van der Waals surface area contributed by atoms with Crippen molar-refractivity contribution in [1.29, 1.82) is 0 Å². The summed E-state index contributed by atoms with van der Waals surface area (Å²) in [6.45, 7) is 7.96. The first-order chi connectivity index (χ1) is 14.9. The Bertz CT molecular complexity index is 1010. The number of esters is 1. The van der Waals surface area contributed by atoms with E-state index < -0.39 is 5.97 Å². The van der Waals surface area contributed by atoms with Crippen molar-refractivity contribution in [2.75, 3.05) is 6.61 Å². The summed E-state index contributed by atoms with van der Waals surface area (Å²) in [7, 11) is 0. The molecule has 7 heteroatoms. The third kappa shape index (κ3) is 5.36. The molecule has 0 radical (unpaired) electrons. The number of carbonyl (C=O) groups is 2. The van der Waals surface area contributed by atoms with Crippen LogP contribution in [0.5, 0.6) is 0 Å². The zero-order valence-corrected chi connectivity index (χ0v) is 18.4. The van der Waals surface area contributed by atoms with Crippen molar-refractivity contribution in [2.45, 2.75) is 46.2 Å². The summed E-state index contributed by atoms with van der Waals surface area (Å²) in [6, 6.07) is 15.2. The van der Waals surface area contributed by atoms with Crippen LogP contribution in [-0.4, -0.2) is 44.2 Å². The minimum atomic E-state index is -0.567. The minimum absolute atomic E-state index is 0.00741. The quantitative estimate of drug-likeness (QED) is 0.515. The topological polar surface area (TPSA) is 77.3 Å². The number of pyridine rings is 1. The van der Waals surface area contributed by atoms with E-state index in [0.717, 1.165) is 5.56 Å². The Morgan fingerprint density at radius 1 is 1.03 bits per heavy atom. The molecule has 0 fully saturated rings. The maximum Gasteiger partial charge on any atom is 0.342 e. The molecule has 3 aromatic rings. The van der Waals surface area contributed by atoms with Crippen molar-refractivity contribution < 1.29 is 14.3 Å². The molecule has 2 heterocycles. The summed E-state index contributed by atoms with van der Waals surface area (Å²) in [5.74, 6) is -0.179. The van der Waals surface area contributed by atoms with Crippen LogP contribution in [0.3, 0.4) is 0 Å². The van der Waals surface area contributed by atoms with E-state index in [1.807, 2.05) is 76.2 Å². The Morgan fingerprint density at radius 3 is 2.35 bits per heavy atom. The largest absolute Gasteiger partial charge is 0.452 e. The second-order valence-electron chi connectivity index (χ2n) is 7.88. The van der Waals surface area contributed by atoms with Gasteiger partial charge in [-0.2, -0.15) is 5.10 Å². The Kier molecular flexibility index (Phi) is 7.18. The Morgan fingerprint density at radius 2 is 1.74 bits per heavy atom. The molecule has 162 valence electrons. The van der Waals surface area contributed by atoms with Crippen molar-refractivity contribution in [1.82, 2.24) is 19.7 Å². The highest BCUT2D eigenvalue weighted by Crippen LogP contribution is 2.23. The molecule has 0 atom stereocenters. The molecule has 2 aromatic heterocycles. The Labute approximate surface area is 182 Å². The van der Waals surface area contributed by atoms with E-state index >= 15 is 0 Å². The smallest absolute Gasteiger partial charge is 0.342 e. The van der Waals surface area contributed by atoms with E-state index in [-0.39, 0.29) is 24.5 Å². The monoisotopic (exact) mass is 420 g/mol. The van der Waals surface area contributed by atoms with Gasteiger partial charge in [0.25, 0.3) is 5.91 Å². The van der Waals surface area contributed by atoms with E-state index in [0.29, 0.717) is 23.6 Å². The number of benzene rings is 1. The molecular weight excluding hydrogens is 392 g/mol. The fraction of sp³-hybridized carbons (Fsp3) is 0.333. The van der Waals surface area contributed by atoms with E-state index in [1.54, 1.807) is 15.8 Å². The van der Waals surface area contributed by atoms with Crippen LogP contribution in [0.4, 0.5) is 0 Å². The number of ether oxygens (including phenoxy) is 1. The SMILES string of the molecule is CC(C)c1c(C(=O)OCC(=O)N(Cc2ccccc2)C(C)C)cnn1-c1ccccn1. The molecule has 0 saturated heterocycles. The molecule has 0 spiro atoms. The van der Waals surface area contributed by atoms with Crippen LogP contribution in [0, 0.1) is 0 Å². The van der Waals surface area contributed by atoms with Gasteiger partial charge in [-0.05, 0) is 37.5 Å². The lowest BCUT2D eigenvalue weighted by Crippen LogP contribution is -2.39. The number of carbonyl (C=O) groups excluding carboxylic acids is 2. The van der Waals surface area contributed by atoms with Crippen LogP contribution < -0.4 is 0 Å². The van der Waals surface area contributed by atoms with Crippen LogP contribution in [0.1, 0.15) is 55.2 Å². The maximum absolute atomic E-state index is 12.8. The lowest BCUT2D eigenvalue weighted by atomic mass is 10.1. The fourth-order valence-electron chi connectivity index (χ4n) is 3.36. The first kappa shape index (κ1) is 22.2. The lowest BCUT2D eigenvalue weighted by Gasteiger charge is -2.26. The summed E-state index contributed by atoms with van der Waals surface area (Å²) in [5, 5.41) is 4.33. The number of amides is 1. The number of rotatable bonds is 8. The average Bonchev–Trinajstić information content (AvgIpc) is 3.22. The molecule has 0 saturated carbocycles. The lowest BCUT2D eigenvalue weighted by molar-refractivity contribution is -0.136. The molecule has 0 N–H and O–H groups in total. The molecular formula is C24H28N4O3. The second kappa shape index (κ2) is 10.0. The zero-order chi connectivity index (χ0) is 22.4. The van der Waals surface area contributed by atoms with Gasteiger partial charge < -0.3 is 9.64 Å². The molecule has 1 aromatic carbocycles. The van der Waals surface area contributed by atoms with Gasteiger partial charge >= 0.3 is 5.97 Å². The summed E-state index contributed by atoms with van der Waals surface area (Å²) in [5.41, 5.74) is 2.06. The molecule has 0 bridgehead atoms. The van der Waals surface area contributed by atoms with Gasteiger partial charge in [-0.15, -0.1) is 0 Å². The first-order valence-electron chi connectivity index (χ1n) is 10.4. The number of hydrogen-bond acceptors (Lipinski definition) is 5. The molecule has 0 aliphatic carbocycles. The predicted molar refractivity (Wildman–Crippen MR) is 118 cm³/mol. The van der Waals surface area contributed by atoms with Gasteiger partial charge in [0, 0.05) is 18.8 Å². The van der Waals surface area contributed by atoms with E-state index in [2.05, 4.69) is 10.1 Å². The highest BCUT2D eigenvalue weighted by molar-refractivity contribution is 5.92. The standard InChI is InChI=1S/C24H28N4O3/c1-17(2)23-20(14-26-28(23)21-12-8-9-13-25-21)24(30)31-16-22(29)27(18(3)4)15-19-10-6-5-7-11-19/h5-14,17-18H,15-16H2,1-4H3. The van der Waals surface area contributed by atoms with Crippen LogP contribution in [0.25, 0.3) is 5.82 Å².